The molecule has 0 amide bonds. The number of hydrogen-bond donors (Lipinski definition) is 3. The fourth-order valence-corrected chi connectivity index (χ4v) is 0.985. The zero-order chi connectivity index (χ0) is 8.43. The lowest BCUT2D eigenvalue weighted by molar-refractivity contribution is 0.388. The highest BCUT2D eigenvalue weighted by Gasteiger charge is 2.01. The maximum atomic E-state index is 8.63. The molecule has 0 unspecified atom stereocenters. The summed E-state index contributed by atoms with van der Waals surface area (Å²) in [6.45, 7) is 3.80. The molecular weight excluding hydrogens is 140 g/mol. The molecule has 0 fully saturated rings. The van der Waals surface area contributed by atoms with Gasteiger partial charge in [0.25, 0.3) is 0 Å². The van der Waals surface area contributed by atoms with E-state index in [2.05, 4.69) is 5.48 Å². The van der Waals surface area contributed by atoms with Crippen molar-refractivity contribution in [2.24, 2.45) is 0 Å². The number of anilines is 2. The van der Waals surface area contributed by atoms with Crippen molar-refractivity contribution in [1.82, 2.24) is 0 Å². The van der Waals surface area contributed by atoms with E-state index < -0.39 is 0 Å². The molecule has 4 N–H and O–H groups in total. The lowest BCUT2D eigenvalue weighted by atomic mass is 10.1. The Labute approximate surface area is 65.8 Å². The molecule has 0 heterocycles. The molecule has 0 aliphatic rings. The summed E-state index contributed by atoms with van der Waals surface area (Å²) in [5, 5.41) is 8.63. The van der Waals surface area contributed by atoms with Crippen LogP contribution in [-0.2, 0) is 0 Å². The summed E-state index contributed by atoms with van der Waals surface area (Å²) in [5.74, 6) is 0. The molecule has 3 nitrogen and oxygen atoms in total. The van der Waals surface area contributed by atoms with Gasteiger partial charge in [-0.25, -0.2) is 0 Å². The quantitative estimate of drug-likeness (QED) is 0.424. The van der Waals surface area contributed by atoms with Gasteiger partial charge in [0.15, 0.2) is 0 Å². The molecular formula is C8H12N2O. The Hall–Kier alpha value is -1.22. The molecule has 1 aromatic rings. The first kappa shape index (κ1) is 7.88. The van der Waals surface area contributed by atoms with E-state index in [4.69, 9.17) is 10.9 Å². The third-order valence-corrected chi connectivity index (χ3v) is 1.85. The smallest absolute Gasteiger partial charge is 0.0651 e. The second-order valence-electron chi connectivity index (χ2n) is 2.58. The first-order valence-electron chi connectivity index (χ1n) is 3.42. The van der Waals surface area contributed by atoms with Crippen molar-refractivity contribution in [2.75, 3.05) is 11.2 Å². The van der Waals surface area contributed by atoms with Crippen molar-refractivity contribution in [3.63, 3.8) is 0 Å². The van der Waals surface area contributed by atoms with E-state index in [1.165, 1.54) is 0 Å². The number of rotatable bonds is 1. The average molecular weight is 152 g/mol. The molecule has 1 rings (SSSR count). The first-order valence-corrected chi connectivity index (χ1v) is 3.42. The second kappa shape index (κ2) is 2.80. The molecule has 0 saturated carbocycles. The van der Waals surface area contributed by atoms with Crippen molar-refractivity contribution in [2.45, 2.75) is 13.8 Å². The predicted octanol–water partition coefficient (Wildman–Crippen LogP) is 1.69. The fraction of sp³-hybridized carbons (Fsp3) is 0.250. The zero-order valence-electron chi connectivity index (χ0n) is 6.68. The number of nitrogens with two attached hydrogens (primary N) is 1. The minimum Gasteiger partial charge on any atom is -0.398 e. The van der Waals surface area contributed by atoms with Gasteiger partial charge in [0.05, 0.1) is 5.69 Å². The van der Waals surface area contributed by atoms with E-state index in [0.717, 1.165) is 16.8 Å². The summed E-state index contributed by atoms with van der Waals surface area (Å²) in [7, 11) is 0. The Balaban J connectivity index is 3.25. The molecule has 0 aliphatic carbocycles. The van der Waals surface area contributed by atoms with E-state index in [-0.39, 0.29) is 0 Å². The minimum absolute atomic E-state index is 0.660. The summed E-state index contributed by atoms with van der Waals surface area (Å²) < 4.78 is 0. The van der Waals surface area contributed by atoms with Crippen molar-refractivity contribution < 1.29 is 5.21 Å². The van der Waals surface area contributed by atoms with Gasteiger partial charge in [0.2, 0.25) is 0 Å². The average Bonchev–Trinajstić information content (AvgIpc) is 2.01. The normalized spacial score (nSPS) is 9.73. The highest BCUT2D eigenvalue weighted by atomic mass is 16.5. The number of aryl methyl sites for hydroxylation is 1. The number of benzene rings is 1. The van der Waals surface area contributed by atoms with Crippen LogP contribution in [0.3, 0.4) is 0 Å². The molecule has 11 heavy (non-hydrogen) atoms. The van der Waals surface area contributed by atoms with Gasteiger partial charge >= 0.3 is 0 Å². The highest BCUT2D eigenvalue weighted by Crippen LogP contribution is 2.23. The lowest BCUT2D eigenvalue weighted by Crippen LogP contribution is -1.98. The van der Waals surface area contributed by atoms with Crippen LogP contribution in [0.5, 0.6) is 0 Å². The third kappa shape index (κ3) is 1.28. The molecule has 1 aromatic carbocycles. The van der Waals surface area contributed by atoms with E-state index in [9.17, 15) is 0 Å². The SMILES string of the molecule is Cc1ccc(NO)c(C)c1N. The Bertz CT molecular complexity index is 271. The molecule has 0 spiro atoms. The maximum absolute atomic E-state index is 8.63. The van der Waals surface area contributed by atoms with Crippen molar-refractivity contribution >= 4 is 11.4 Å². The Kier molecular flexibility index (Phi) is 2.01. The summed E-state index contributed by atoms with van der Waals surface area (Å²) >= 11 is 0. The van der Waals surface area contributed by atoms with E-state index in [1.807, 2.05) is 19.9 Å². The molecule has 0 bridgehead atoms. The van der Waals surface area contributed by atoms with Gasteiger partial charge in [-0.2, -0.15) is 0 Å². The predicted molar refractivity (Wildman–Crippen MR) is 45.7 cm³/mol. The van der Waals surface area contributed by atoms with Crippen LogP contribution in [0.1, 0.15) is 11.1 Å². The molecule has 0 aromatic heterocycles. The molecule has 0 radical (unpaired) electrons. The van der Waals surface area contributed by atoms with Crippen LogP contribution in [-0.4, -0.2) is 5.21 Å². The Morgan fingerprint density at radius 1 is 1.36 bits per heavy atom. The zero-order valence-corrected chi connectivity index (χ0v) is 6.68. The summed E-state index contributed by atoms with van der Waals surface area (Å²) in [6.07, 6.45) is 0. The van der Waals surface area contributed by atoms with Crippen LogP contribution in [0.25, 0.3) is 0 Å². The van der Waals surface area contributed by atoms with Crippen LogP contribution in [0.15, 0.2) is 12.1 Å². The van der Waals surface area contributed by atoms with Gasteiger partial charge in [0.1, 0.15) is 0 Å². The summed E-state index contributed by atoms with van der Waals surface area (Å²) in [5.41, 5.74) is 11.1. The van der Waals surface area contributed by atoms with Crippen LogP contribution in [0, 0.1) is 13.8 Å². The van der Waals surface area contributed by atoms with Gasteiger partial charge in [-0.05, 0) is 31.0 Å². The fourth-order valence-electron chi connectivity index (χ4n) is 0.985. The largest absolute Gasteiger partial charge is 0.398 e. The minimum atomic E-state index is 0.660. The maximum Gasteiger partial charge on any atom is 0.0651 e. The van der Waals surface area contributed by atoms with Crippen LogP contribution >= 0.6 is 0 Å². The Morgan fingerprint density at radius 3 is 2.55 bits per heavy atom. The van der Waals surface area contributed by atoms with Crippen molar-refractivity contribution in [1.29, 1.82) is 0 Å². The number of nitrogen functional groups attached to an aromatic ring is 1. The second-order valence-corrected chi connectivity index (χ2v) is 2.58. The van der Waals surface area contributed by atoms with Crippen molar-refractivity contribution in [3.8, 4) is 0 Å². The van der Waals surface area contributed by atoms with Crippen molar-refractivity contribution in [3.05, 3.63) is 23.3 Å². The highest BCUT2D eigenvalue weighted by molar-refractivity contribution is 5.65. The molecule has 0 atom stereocenters. The summed E-state index contributed by atoms with van der Waals surface area (Å²) in [4.78, 5) is 0. The topological polar surface area (TPSA) is 58.3 Å². The van der Waals surface area contributed by atoms with Crippen LogP contribution < -0.4 is 11.2 Å². The van der Waals surface area contributed by atoms with E-state index in [1.54, 1.807) is 6.07 Å². The van der Waals surface area contributed by atoms with Crippen LogP contribution in [0.2, 0.25) is 0 Å². The lowest BCUT2D eigenvalue weighted by Gasteiger charge is -2.08. The van der Waals surface area contributed by atoms with Gasteiger partial charge in [-0.1, -0.05) is 6.07 Å². The first-order chi connectivity index (χ1) is 5.16. The van der Waals surface area contributed by atoms with Gasteiger partial charge < -0.3 is 5.73 Å². The van der Waals surface area contributed by atoms with Crippen LogP contribution in [0.4, 0.5) is 11.4 Å². The van der Waals surface area contributed by atoms with Gasteiger partial charge in [-0.15, -0.1) is 0 Å². The van der Waals surface area contributed by atoms with Gasteiger partial charge in [0, 0.05) is 5.69 Å². The standard InChI is InChI=1S/C8H12N2O/c1-5-3-4-7(10-11)6(2)8(5)9/h3-4,10-11H,9H2,1-2H3. The number of hydrogen-bond acceptors (Lipinski definition) is 3. The third-order valence-electron chi connectivity index (χ3n) is 1.85. The van der Waals surface area contributed by atoms with E-state index in [0.29, 0.717) is 5.69 Å². The van der Waals surface area contributed by atoms with Gasteiger partial charge in [-0.3, -0.25) is 10.7 Å². The molecule has 0 aliphatic heterocycles. The number of nitrogens with one attached hydrogen (secondary N) is 1. The molecule has 3 heteroatoms. The molecule has 0 saturated heterocycles. The Morgan fingerprint density at radius 2 is 2.00 bits per heavy atom. The van der Waals surface area contributed by atoms with E-state index >= 15 is 0 Å². The summed E-state index contributed by atoms with van der Waals surface area (Å²) in [6, 6.07) is 3.65. The monoisotopic (exact) mass is 152 g/mol. The molecule has 60 valence electrons.